The first-order valence-electron chi connectivity index (χ1n) is 9.80. The van der Waals surface area contributed by atoms with E-state index >= 15 is 0 Å². The minimum atomic E-state index is -1.50. The number of rotatable bonds is 9. The van der Waals surface area contributed by atoms with Gasteiger partial charge in [0.05, 0.1) is 19.1 Å². The number of ether oxygens (including phenoxy) is 1. The molecule has 5 N–H and O–H groups in total. The van der Waals surface area contributed by atoms with Gasteiger partial charge in [0.1, 0.15) is 12.6 Å². The molecule has 31 heavy (non-hydrogen) atoms. The van der Waals surface area contributed by atoms with Crippen LogP contribution in [0.15, 0.2) is 48.5 Å². The van der Waals surface area contributed by atoms with Crippen molar-refractivity contribution >= 4 is 18.0 Å². The van der Waals surface area contributed by atoms with E-state index in [2.05, 4.69) is 10.6 Å². The summed E-state index contributed by atoms with van der Waals surface area (Å²) in [6, 6.07) is 14.1. The number of carbonyl (C=O) groups excluding carboxylic acids is 2. The lowest BCUT2D eigenvalue weighted by molar-refractivity contribution is -0.141. The average Bonchev–Trinajstić information content (AvgIpc) is 3.09. The highest BCUT2D eigenvalue weighted by atomic mass is 16.5. The number of aliphatic carboxylic acids is 1. The smallest absolute Gasteiger partial charge is 0.407 e. The van der Waals surface area contributed by atoms with E-state index in [1.54, 1.807) is 0 Å². The van der Waals surface area contributed by atoms with E-state index in [-0.39, 0.29) is 19.1 Å². The third-order valence-corrected chi connectivity index (χ3v) is 5.07. The van der Waals surface area contributed by atoms with Gasteiger partial charge in [-0.3, -0.25) is 4.79 Å². The Morgan fingerprint density at radius 3 is 2.13 bits per heavy atom. The van der Waals surface area contributed by atoms with Crippen LogP contribution < -0.4 is 10.6 Å². The van der Waals surface area contributed by atoms with Gasteiger partial charge in [-0.25, -0.2) is 9.59 Å². The van der Waals surface area contributed by atoms with Crippen LogP contribution in [0.1, 0.15) is 23.5 Å². The maximum absolute atomic E-state index is 12.2. The highest BCUT2D eigenvalue weighted by Gasteiger charge is 2.30. The molecule has 0 saturated carbocycles. The molecule has 9 heteroatoms. The fraction of sp³-hybridized carbons (Fsp3) is 0.318. The Labute approximate surface area is 178 Å². The zero-order chi connectivity index (χ0) is 22.4. The Hall–Kier alpha value is -3.43. The van der Waals surface area contributed by atoms with Gasteiger partial charge in [-0.1, -0.05) is 48.5 Å². The minimum absolute atomic E-state index is 0.0150. The number of carboxylic acid groups (broad SMARTS) is 1. The largest absolute Gasteiger partial charge is 0.480 e. The van der Waals surface area contributed by atoms with Crippen molar-refractivity contribution in [2.45, 2.75) is 24.5 Å². The molecule has 1 aliphatic carbocycles. The number of alkyl carbamates (subject to hydrolysis) is 1. The summed E-state index contributed by atoms with van der Waals surface area (Å²) in [5.74, 6) is -2.27. The Kier molecular flexibility index (Phi) is 7.22. The zero-order valence-electron chi connectivity index (χ0n) is 16.7. The van der Waals surface area contributed by atoms with Gasteiger partial charge in [0.2, 0.25) is 5.91 Å². The van der Waals surface area contributed by atoms with Crippen molar-refractivity contribution in [2.24, 2.45) is 0 Å². The first kappa shape index (κ1) is 22.3. The lowest BCUT2D eigenvalue weighted by Crippen LogP contribution is -2.45. The van der Waals surface area contributed by atoms with Gasteiger partial charge < -0.3 is 30.7 Å². The van der Waals surface area contributed by atoms with E-state index in [4.69, 9.17) is 9.84 Å². The van der Waals surface area contributed by atoms with Gasteiger partial charge in [-0.05, 0) is 22.3 Å². The van der Waals surface area contributed by atoms with Gasteiger partial charge in [0.15, 0.2) is 0 Å². The lowest BCUT2D eigenvalue weighted by atomic mass is 9.98. The monoisotopic (exact) mass is 428 g/mol. The average molecular weight is 428 g/mol. The van der Waals surface area contributed by atoms with Crippen molar-refractivity contribution in [1.82, 2.24) is 10.6 Å². The maximum atomic E-state index is 12.2. The fourth-order valence-corrected chi connectivity index (χ4v) is 3.54. The molecule has 0 spiro atoms. The number of nitrogens with one attached hydrogen (secondary N) is 2. The van der Waals surface area contributed by atoms with Gasteiger partial charge in [0.25, 0.3) is 0 Å². The molecular weight excluding hydrogens is 404 g/mol. The third-order valence-electron chi connectivity index (χ3n) is 5.07. The molecule has 3 rings (SSSR count). The minimum Gasteiger partial charge on any atom is -0.480 e. The van der Waals surface area contributed by atoms with Crippen LogP contribution in [0.4, 0.5) is 4.79 Å². The molecular formula is C22H24N2O7. The number of hydrogen-bond donors (Lipinski definition) is 5. The number of amides is 2. The summed E-state index contributed by atoms with van der Waals surface area (Å²) in [6.45, 7) is -0.756. The molecule has 0 bridgehead atoms. The normalized spacial score (nSPS) is 14.1. The van der Waals surface area contributed by atoms with Gasteiger partial charge >= 0.3 is 12.1 Å². The van der Waals surface area contributed by atoms with E-state index in [0.29, 0.717) is 0 Å². The van der Waals surface area contributed by atoms with Crippen molar-refractivity contribution in [3.05, 3.63) is 59.7 Å². The molecule has 0 aromatic heterocycles. The van der Waals surface area contributed by atoms with Crippen molar-refractivity contribution in [2.75, 3.05) is 19.8 Å². The number of carbonyl (C=O) groups is 3. The number of aliphatic hydroxyl groups is 2. The molecule has 2 aromatic rings. The molecule has 9 nitrogen and oxygen atoms in total. The summed E-state index contributed by atoms with van der Waals surface area (Å²) < 4.78 is 5.30. The quantitative estimate of drug-likeness (QED) is 0.398. The SMILES string of the molecule is O=C(CC(NC(=O)OCC1c2ccccc2-c2ccccc21)C(=O)O)NCC(O)CO. The summed E-state index contributed by atoms with van der Waals surface area (Å²) >= 11 is 0. The first-order valence-corrected chi connectivity index (χ1v) is 9.80. The van der Waals surface area contributed by atoms with Crippen LogP contribution in [0, 0.1) is 0 Å². The number of fused-ring (bicyclic) bond motifs is 3. The van der Waals surface area contributed by atoms with Crippen molar-refractivity contribution < 1.29 is 34.4 Å². The summed E-state index contributed by atoms with van der Waals surface area (Å²) in [4.78, 5) is 35.5. The second-order valence-electron chi connectivity index (χ2n) is 7.21. The van der Waals surface area contributed by atoms with Crippen LogP contribution in [-0.2, 0) is 14.3 Å². The number of aliphatic hydroxyl groups excluding tert-OH is 2. The summed E-state index contributed by atoms with van der Waals surface area (Å²) in [5, 5.41) is 31.7. The van der Waals surface area contributed by atoms with Crippen molar-refractivity contribution in [3.8, 4) is 11.1 Å². The maximum Gasteiger partial charge on any atom is 0.407 e. The van der Waals surface area contributed by atoms with E-state index in [0.717, 1.165) is 22.3 Å². The summed E-state index contributed by atoms with van der Waals surface area (Å²) in [7, 11) is 0. The Morgan fingerprint density at radius 2 is 1.58 bits per heavy atom. The van der Waals surface area contributed by atoms with Crippen LogP contribution in [-0.4, -0.2) is 65.2 Å². The van der Waals surface area contributed by atoms with Crippen LogP contribution in [0.25, 0.3) is 11.1 Å². The summed E-state index contributed by atoms with van der Waals surface area (Å²) in [6.07, 6.45) is -2.64. The van der Waals surface area contributed by atoms with E-state index < -0.39 is 43.1 Å². The molecule has 0 radical (unpaired) electrons. The number of benzene rings is 2. The molecule has 0 fully saturated rings. The first-order chi connectivity index (χ1) is 14.9. The predicted octanol–water partition coefficient (Wildman–Crippen LogP) is 0.838. The highest BCUT2D eigenvalue weighted by molar-refractivity contribution is 5.87. The molecule has 164 valence electrons. The highest BCUT2D eigenvalue weighted by Crippen LogP contribution is 2.44. The Balaban J connectivity index is 1.59. The van der Waals surface area contributed by atoms with Gasteiger partial charge in [-0.15, -0.1) is 0 Å². The topological polar surface area (TPSA) is 145 Å². The predicted molar refractivity (Wildman–Crippen MR) is 110 cm³/mol. The number of hydrogen-bond acceptors (Lipinski definition) is 6. The fourth-order valence-electron chi connectivity index (χ4n) is 3.54. The molecule has 2 amide bonds. The van der Waals surface area contributed by atoms with Gasteiger partial charge in [-0.2, -0.15) is 0 Å². The second-order valence-corrected chi connectivity index (χ2v) is 7.21. The van der Waals surface area contributed by atoms with E-state index in [1.807, 2.05) is 48.5 Å². The molecule has 0 aliphatic heterocycles. The van der Waals surface area contributed by atoms with Crippen molar-refractivity contribution in [1.29, 1.82) is 0 Å². The molecule has 2 aromatic carbocycles. The second kappa shape index (κ2) is 10.1. The molecule has 2 unspecified atom stereocenters. The molecule has 0 heterocycles. The number of carboxylic acids is 1. The van der Waals surface area contributed by atoms with Gasteiger partial charge in [0, 0.05) is 12.5 Å². The molecule has 1 aliphatic rings. The molecule has 0 saturated heterocycles. The van der Waals surface area contributed by atoms with Crippen LogP contribution >= 0.6 is 0 Å². The molecule has 2 atom stereocenters. The van der Waals surface area contributed by atoms with E-state index in [1.165, 1.54) is 0 Å². The van der Waals surface area contributed by atoms with E-state index in [9.17, 15) is 24.6 Å². The standard InChI is InChI=1S/C22H24N2O7/c25-11-13(26)10-23-20(27)9-19(21(28)29)24-22(30)31-12-18-16-7-3-1-5-14(16)15-6-2-4-8-17(15)18/h1-8,13,18-19,25-26H,9-12H2,(H,23,27)(H,24,30)(H,28,29). The van der Waals surface area contributed by atoms with Crippen LogP contribution in [0.3, 0.4) is 0 Å². The Morgan fingerprint density at radius 1 is 1.00 bits per heavy atom. The van der Waals surface area contributed by atoms with Crippen LogP contribution in [0.5, 0.6) is 0 Å². The lowest BCUT2D eigenvalue weighted by Gasteiger charge is -2.17. The van der Waals surface area contributed by atoms with Crippen LogP contribution in [0.2, 0.25) is 0 Å². The summed E-state index contributed by atoms with van der Waals surface area (Å²) in [5.41, 5.74) is 4.18. The zero-order valence-corrected chi connectivity index (χ0v) is 16.7. The Bertz CT molecular complexity index is 917. The third kappa shape index (κ3) is 5.39. The van der Waals surface area contributed by atoms with Crippen molar-refractivity contribution in [3.63, 3.8) is 0 Å².